The van der Waals surface area contributed by atoms with Crippen molar-refractivity contribution in [2.75, 3.05) is 6.61 Å². The minimum Gasteiger partial charge on any atom is -0.394 e. The standard InChI is InChI=1S/C24H25F2N7O2/c1-13(2)16-7-19(23-17(25)5-4-6-18(23)26)29-31-24(16)14(3)20-8-27-9-21(28-20)22-11-33(32-30-22)10-15(35)12-34/h4-9,11,13-15,34-35H,10,12H2,1-3H3/t14?,15-/m1/s1. The molecule has 0 saturated heterocycles. The number of hydrogen-bond acceptors (Lipinski definition) is 8. The molecule has 11 heteroatoms. The quantitative estimate of drug-likeness (QED) is 0.394. The number of nitrogens with zero attached hydrogens (tertiary/aromatic N) is 7. The molecule has 0 bridgehead atoms. The van der Waals surface area contributed by atoms with Crippen LogP contribution in [0, 0.1) is 11.6 Å². The van der Waals surface area contributed by atoms with Crippen molar-refractivity contribution in [1.29, 1.82) is 0 Å². The molecule has 1 aromatic carbocycles. The number of hydrogen-bond donors (Lipinski definition) is 2. The first kappa shape index (κ1) is 24.4. The van der Waals surface area contributed by atoms with Crippen molar-refractivity contribution in [2.45, 2.75) is 45.3 Å². The molecule has 2 N–H and O–H groups in total. The van der Waals surface area contributed by atoms with Crippen molar-refractivity contribution in [1.82, 2.24) is 35.2 Å². The second kappa shape index (κ2) is 10.3. The van der Waals surface area contributed by atoms with E-state index in [1.807, 2.05) is 20.8 Å². The van der Waals surface area contributed by atoms with Gasteiger partial charge in [-0.3, -0.25) is 4.98 Å². The van der Waals surface area contributed by atoms with Crippen LogP contribution in [0.3, 0.4) is 0 Å². The van der Waals surface area contributed by atoms with Gasteiger partial charge in [0.05, 0.1) is 54.3 Å². The van der Waals surface area contributed by atoms with Gasteiger partial charge in [-0.2, -0.15) is 10.2 Å². The number of aliphatic hydroxyl groups excluding tert-OH is 2. The maximum atomic E-state index is 14.3. The van der Waals surface area contributed by atoms with Gasteiger partial charge in [-0.25, -0.2) is 18.4 Å². The highest BCUT2D eigenvalue weighted by Gasteiger charge is 2.22. The van der Waals surface area contributed by atoms with E-state index >= 15 is 0 Å². The molecule has 1 unspecified atom stereocenters. The van der Waals surface area contributed by atoms with Gasteiger partial charge in [0, 0.05) is 12.1 Å². The second-order valence-corrected chi connectivity index (χ2v) is 8.53. The molecular formula is C24H25F2N7O2. The van der Waals surface area contributed by atoms with E-state index in [9.17, 15) is 13.9 Å². The molecule has 4 aromatic rings. The summed E-state index contributed by atoms with van der Waals surface area (Å²) >= 11 is 0. The molecule has 2 atom stereocenters. The molecule has 3 heterocycles. The van der Waals surface area contributed by atoms with E-state index in [0.717, 1.165) is 5.56 Å². The first-order valence-electron chi connectivity index (χ1n) is 11.1. The van der Waals surface area contributed by atoms with Crippen LogP contribution in [0.15, 0.2) is 42.9 Å². The van der Waals surface area contributed by atoms with Crippen LogP contribution < -0.4 is 0 Å². The Balaban J connectivity index is 1.67. The summed E-state index contributed by atoms with van der Waals surface area (Å²) in [5, 5.41) is 35.1. The molecule has 0 fully saturated rings. The zero-order valence-corrected chi connectivity index (χ0v) is 19.5. The van der Waals surface area contributed by atoms with Gasteiger partial charge in [0.25, 0.3) is 0 Å². The Morgan fingerprint density at radius 2 is 1.71 bits per heavy atom. The molecule has 0 spiro atoms. The number of aliphatic hydroxyl groups is 2. The first-order chi connectivity index (χ1) is 16.8. The normalized spacial score (nSPS) is 13.3. The molecule has 182 valence electrons. The van der Waals surface area contributed by atoms with Crippen LogP contribution >= 0.6 is 0 Å². The van der Waals surface area contributed by atoms with Gasteiger partial charge in [-0.05, 0) is 29.7 Å². The Labute approximate surface area is 200 Å². The zero-order chi connectivity index (χ0) is 25.1. The highest BCUT2D eigenvalue weighted by atomic mass is 19.1. The van der Waals surface area contributed by atoms with E-state index < -0.39 is 17.7 Å². The fourth-order valence-corrected chi connectivity index (χ4v) is 3.71. The van der Waals surface area contributed by atoms with Crippen LogP contribution in [0.25, 0.3) is 22.6 Å². The number of aromatic nitrogens is 7. The third-order valence-electron chi connectivity index (χ3n) is 5.61. The molecular weight excluding hydrogens is 456 g/mol. The van der Waals surface area contributed by atoms with Crippen molar-refractivity contribution in [2.24, 2.45) is 0 Å². The van der Waals surface area contributed by atoms with Crippen LogP contribution in [0.1, 0.15) is 49.6 Å². The second-order valence-electron chi connectivity index (χ2n) is 8.53. The summed E-state index contributed by atoms with van der Waals surface area (Å²) in [6, 6.07) is 5.35. The molecule has 4 rings (SSSR count). The van der Waals surface area contributed by atoms with Crippen LogP contribution in [-0.4, -0.2) is 58.1 Å². The van der Waals surface area contributed by atoms with E-state index in [4.69, 9.17) is 5.11 Å². The Bertz CT molecular complexity index is 1310. The Morgan fingerprint density at radius 1 is 0.971 bits per heavy atom. The average Bonchev–Trinajstić information content (AvgIpc) is 3.32. The van der Waals surface area contributed by atoms with Gasteiger partial charge in [0.1, 0.15) is 23.0 Å². The molecule has 35 heavy (non-hydrogen) atoms. The smallest absolute Gasteiger partial charge is 0.135 e. The van der Waals surface area contributed by atoms with Crippen molar-refractivity contribution in [3.8, 4) is 22.6 Å². The van der Waals surface area contributed by atoms with Crippen LogP contribution in [0.2, 0.25) is 0 Å². The summed E-state index contributed by atoms with van der Waals surface area (Å²) in [6.07, 6.45) is 3.82. The predicted octanol–water partition coefficient (Wildman–Crippen LogP) is 3.10. The Kier molecular flexibility index (Phi) is 7.17. The third-order valence-corrected chi connectivity index (χ3v) is 5.61. The summed E-state index contributed by atoms with van der Waals surface area (Å²) in [5.41, 5.74) is 2.87. The topological polar surface area (TPSA) is 123 Å². The Hall–Kier alpha value is -3.70. The van der Waals surface area contributed by atoms with Gasteiger partial charge in [-0.1, -0.05) is 32.1 Å². The molecule has 0 radical (unpaired) electrons. The van der Waals surface area contributed by atoms with E-state index in [1.54, 1.807) is 24.7 Å². The van der Waals surface area contributed by atoms with Gasteiger partial charge in [0.2, 0.25) is 0 Å². The molecule has 3 aromatic heterocycles. The van der Waals surface area contributed by atoms with Crippen molar-refractivity contribution in [3.05, 3.63) is 71.4 Å². The first-order valence-corrected chi connectivity index (χ1v) is 11.1. The largest absolute Gasteiger partial charge is 0.394 e. The molecule has 0 saturated carbocycles. The zero-order valence-electron chi connectivity index (χ0n) is 19.5. The third kappa shape index (κ3) is 5.20. The number of rotatable bonds is 8. The highest BCUT2D eigenvalue weighted by molar-refractivity contribution is 5.61. The van der Waals surface area contributed by atoms with Crippen LogP contribution in [-0.2, 0) is 6.54 Å². The van der Waals surface area contributed by atoms with E-state index in [0.29, 0.717) is 22.8 Å². The number of benzene rings is 1. The van der Waals surface area contributed by atoms with Gasteiger partial charge in [0.15, 0.2) is 0 Å². The molecule has 0 aliphatic heterocycles. The summed E-state index contributed by atoms with van der Waals surface area (Å²) in [5.74, 6) is -1.72. The van der Waals surface area contributed by atoms with Gasteiger partial charge < -0.3 is 10.2 Å². The van der Waals surface area contributed by atoms with E-state index in [1.165, 1.54) is 22.9 Å². The van der Waals surface area contributed by atoms with Crippen molar-refractivity contribution < 1.29 is 19.0 Å². The lowest BCUT2D eigenvalue weighted by Gasteiger charge is -2.18. The fraction of sp³-hybridized carbons (Fsp3) is 0.333. The van der Waals surface area contributed by atoms with E-state index in [2.05, 4.69) is 30.5 Å². The minimum atomic E-state index is -0.948. The summed E-state index contributed by atoms with van der Waals surface area (Å²) in [7, 11) is 0. The Morgan fingerprint density at radius 3 is 2.40 bits per heavy atom. The average molecular weight is 482 g/mol. The lowest BCUT2D eigenvalue weighted by Crippen LogP contribution is -2.20. The summed E-state index contributed by atoms with van der Waals surface area (Å²) in [6.45, 7) is 5.55. The molecule has 9 nitrogen and oxygen atoms in total. The van der Waals surface area contributed by atoms with E-state index in [-0.39, 0.29) is 36.2 Å². The number of halogens is 2. The van der Waals surface area contributed by atoms with Crippen LogP contribution in [0.5, 0.6) is 0 Å². The molecule has 0 aliphatic carbocycles. The molecule has 0 aliphatic rings. The van der Waals surface area contributed by atoms with Crippen molar-refractivity contribution >= 4 is 0 Å². The lowest BCUT2D eigenvalue weighted by atomic mass is 9.92. The fourth-order valence-electron chi connectivity index (χ4n) is 3.71. The minimum absolute atomic E-state index is 0.00512. The van der Waals surface area contributed by atoms with Gasteiger partial charge in [-0.15, -0.1) is 5.10 Å². The maximum absolute atomic E-state index is 14.3. The van der Waals surface area contributed by atoms with Crippen LogP contribution in [0.4, 0.5) is 8.78 Å². The maximum Gasteiger partial charge on any atom is 0.135 e. The molecule has 0 amide bonds. The SMILES string of the molecule is CC(C)c1cc(-c2c(F)cccc2F)nnc1C(C)c1cncc(-c2cn(C[C@@H](O)CO)nn2)n1. The van der Waals surface area contributed by atoms with Crippen molar-refractivity contribution in [3.63, 3.8) is 0 Å². The monoisotopic (exact) mass is 481 g/mol. The summed E-state index contributed by atoms with van der Waals surface area (Å²) in [4.78, 5) is 8.94. The summed E-state index contributed by atoms with van der Waals surface area (Å²) < 4.78 is 30.1. The lowest BCUT2D eigenvalue weighted by molar-refractivity contribution is 0.0778. The highest BCUT2D eigenvalue weighted by Crippen LogP contribution is 2.32. The predicted molar refractivity (Wildman–Crippen MR) is 123 cm³/mol. The van der Waals surface area contributed by atoms with Gasteiger partial charge >= 0.3 is 0 Å².